The van der Waals surface area contributed by atoms with Crippen molar-refractivity contribution in [2.24, 2.45) is 0 Å². The Labute approximate surface area is 119 Å². The van der Waals surface area contributed by atoms with Crippen LogP contribution in [0, 0.1) is 0 Å². The number of anilines is 1. The molecule has 19 heavy (non-hydrogen) atoms. The molecular formula is C13H13BrN2O3. The topological polar surface area (TPSA) is 66.6 Å². The van der Waals surface area contributed by atoms with Gasteiger partial charge in [0.05, 0.1) is 30.6 Å². The van der Waals surface area contributed by atoms with Crippen LogP contribution in [-0.2, 0) is 0 Å². The van der Waals surface area contributed by atoms with E-state index in [1.807, 2.05) is 0 Å². The minimum absolute atomic E-state index is 0.421. The van der Waals surface area contributed by atoms with Crippen molar-refractivity contribution in [1.29, 1.82) is 0 Å². The van der Waals surface area contributed by atoms with E-state index in [-0.39, 0.29) is 0 Å². The van der Waals surface area contributed by atoms with Crippen molar-refractivity contribution in [3.63, 3.8) is 0 Å². The fourth-order valence-electron chi connectivity index (χ4n) is 1.47. The van der Waals surface area contributed by atoms with E-state index in [0.29, 0.717) is 33.3 Å². The van der Waals surface area contributed by atoms with E-state index in [1.54, 1.807) is 38.5 Å². The van der Waals surface area contributed by atoms with Crippen molar-refractivity contribution in [3.05, 3.63) is 34.9 Å². The van der Waals surface area contributed by atoms with E-state index in [2.05, 4.69) is 20.9 Å². The van der Waals surface area contributed by atoms with E-state index in [0.717, 1.165) is 0 Å². The number of hydrogen-bond acceptors (Lipinski definition) is 5. The molecule has 6 heteroatoms. The largest absolute Gasteiger partial charge is 0.496 e. The van der Waals surface area contributed by atoms with Crippen LogP contribution in [0.25, 0.3) is 0 Å². The summed E-state index contributed by atoms with van der Waals surface area (Å²) >= 11 is 3.35. The summed E-state index contributed by atoms with van der Waals surface area (Å²) in [5, 5.41) is 0. The van der Waals surface area contributed by atoms with E-state index in [1.165, 1.54) is 6.20 Å². The standard InChI is InChI=1S/C13H13BrN2O3/c1-17-9-4-10(18-2)6-11(5-9)19-13-12(14)3-8(15)7-16-13/h3-7H,15H2,1-2H3. The Morgan fingerprint density at radius 3 is 2.11 bits per heavy atom. The van der Waals surface area contributed by atoms with E-state index in [4.69, 9.17) is 19.9 Å². The predicted molar refractivity (Wildman–Crippen MR) is 76.0 cm³/mol. The minimum Gasteiger partial charge on any atom is -0.496 e. The van der Waals surface area contributed by atoms with Gasteiger partial charge in [0.2, 0.25) is 5.88 Å². The van der Waals surface area contributed by atoms with Crippen LogP contribution in [0.5, 0.6) is 23.1 Å². The first-order chi connectivity index (χ1) is 9.12. The Morgan fingerprint density at radius 1 is 1.00 bits per heavy atom. The molecule has 0 saturated carbocycles. The first kappa shape index (κ1) is 13.5. The Morgan fingerprint density at radius 2 is 1.58 bits per heavy atom. The highest BCUT2D eigenvalue weighted by Crippen LogP contribution is 2.33. The summed E-state index contributed by atoms with van der Waals surface area (Å²) in [6, 6.07) is 6.97. The SMILES string of the molecule is COc1cc(OC)cc(Oc2ncc(N)cc2Br)c1. The van der Waals surface area contributed by atoms with Crippen molar-refractivity contribution in [2.75, 3.05) is 20.0 Å². The summed E-state index contributed by atoms with van der Waals surface area (Å²) in [5.41, 5.74) is 6.18. The molecule has 1 heterocycles. The first-order valence-electron chi connectivity index (χ1n) is 5.44. The first-order valence-corrected chi connectivity index (χ1v) is 6.23. The molecule has 0 saturated heterocycles. The number of ether oxygens (including phenoxy) is 3. The van der Waals surface area contributed by atoms with Gasteiger partial charge in [-0.25, -0.2) is 4.98 Å². The zero-order chi connectivity index (χ0) is 13.8. The van der Waals surface area contributed by atoms with Crippen LogP contribution in [-0.4, -0.2) is 19.2 Å². The fourth-order valence-corrected chi connectivity index (χ4v) is 1.91. The van der Waals surface area contributed by atoms with E-state index < -0.39 is 0 Å². The number of nitrogens with zero attached hydrogens (tertiary/aromatic N) is 1. The van der Waals surface area contributed by atoms with Gasteiger partial charge in [0.25, 0.3) is 0 Å². The lowest BCUT2D eigenvalue weighted by Crippen LogP contribution is -1.94. The molecule has 0 aliphatic rings. The Hall–Kier alpha value is -1.95. The Kier molecular flexibility index (Phi) is 4.11. The molecule has 1 aromatic carbocycles. The molecule has 0 radical (unpaired) electrons. The molecule has 0 aliphatic carbocycles. The Balaban J connectivity index is 2.31. The second-order valence-electron chi connectivity index (χ2n) is 3.71. The normalized spacial score (nSPS) is 10.1. The number of nitrogens with two attached hydrogens (primary N) is 1. The van der Waals surface area contributed by atoms with Crippen LogP contribution >= 0.6 is 15.9 Å². The molecule has 0 unspecified atom stereocenters. The summed E-state index contributed by atoms with van der Waals surface area (Å²) in [6.45, 7) is 0. The predicted octanol–water partition coefficient (Wildman–Crippen LogP) is 3.24. The summed E-state index contributed by atoms with van der Waals surface area (Å²) in [7, 11) is 3.16. The van der Waals surface area contributed by atoms with Crippen molar-refractivity contribution in [1.82, 2.24) is 4.98 Å². The van der Waals surface area contributed by atoms with E-state index >= 15 is 0 Å². The summed E-state index contributed by atoms with van der Waals surface area (Å²) in [4.78, 5) is 4.11. The van der Waals surface area contributed by atoms with Crippen LogP contribution in [0.2, 0.25) is 0 Å². The third kappa shape index (κ3) is 3.29. The summed E-state index contributed by atoms with van der Waals surface area (Å²) in [5.74, 6) is 2.26. The number of pyridine rings is 1. The van der Waals surface area contributed by atoms with Gasteiger partial charge >= 0.3 is 0 Å². The van der Waals surface area contributed by atoms with Gasteiger partial charge in [-0.15, -0.1) is 0 Å². The maximum absolute atomic E-state index is 5.68. The molecule has 5 nitrogen and oxygen atoms in total. The van der Waals surface area contributed by atoms with Crippen LogP contribution in [0.15, 0.2) is 34.9 Å². The third-order valence-electron chi connectivity index (χ3n) is 2.37. The van der Waals surface area contributed by atoms with Crippen LogP contribution < -0.4 is 19.9 Å². The lowest BCUT2D eigenvalue weighted by molar-refractivity contribution is 0.384. The second-order valence-corrected chi connectivity index (χ2v) is 4.56. The number of rotatable bonds is 4. The van der Waals surface area contributed by atoms with Crippen molar-refractivity contribution < 1.29 is 14.2 Å². The summed E-state index contributed by atoms with van der Waals surface area (Å²) in [6.07, 6.45) is 1.53. The molecular weight excluding hydrogens is 312 g/mol. The van der Waals surface area contributed by atoms with E-state index in [9.17, 15) is 0 Å². The molecule has 2 rings (SSSR count). The molecule has 0 atom stereocenters. The van der Waals surface area contributed by atoms with Crippen molar-refractivity contribution in [3.8, 4) is 23.1 Å². The number of methoxy groups -OCH3 is 2. The average molecular weight is 325 g/mol. The molecule has 0 aliphatic heterocycles. The lowest BCUT2D eigenvalue weighted by atomic mass is 10.3. The molecule has 2 N–H and O–H groups in total. The van der Waals surface area contributed by atoms with Crippen molar-refractivity contribution >= 4 is 21.6 Å². The van der Waals surface area contributed by atoms with Crippen LogP contribution in [0.3, 0.4) is 0 Å². The van der Waals surface area contributed by atoms with Gasteiger partial charge in [0.1, 0.15) is 17.2 Å². The number of nitrogen functional groups attached to an aromatic ring is 1. The van der Waals surface area contributed by atoms with Crippen LogP contribution in [0.1, 0.15) is 0 Å². The number of hydrogen-bond donors (Lipinski definition) is 1. The monoisotopic (exact) mass is 324 g/mol. The molecule has 2 aromatic rings. The second kappa shape index (κ2) is 5.79. The smallest absolute Gasteiger partial charge is 0.233 e. The van der Waals surface area contributed by atoms with Gasteiger partial charge in [-0.3, -0.25) is 0 Å². The quantitative estimate of drug-likeness (QED) is 0.935. The highest BCUT2D eigenvalue weighted by molar-refractivity contribution is 9.10. The highest BCUT2D eigenvalue weighted by atomic mass is 79.9. The maximum Gasteiger partial charge on any atom is 0.233 e. The van der Waals surface area contributed by atoms with Crippen molar-refractivity contribution in [2.45, 2.75) is 0 Å². The van der Waals surface area contributed by atoms with Gasteiger partial charge in [-0.1, -0.05) is 0 Å². The van der Waals surface area contributed by atoms with Gasteiger partial charge in [-0.2, -0.15) is 0 Å². The summed E-state index contributed by atoms with van der Waals surface area (Å²) < 4.78 is 16.7. The number of halogens is 1. The van der Waals surface area contributed by atoms with Gasteiger partial charge in [0, 0.05) is 18.2 Å². The molecule has 100 valence electrons. The molecule has 0 spiro atoms. The molecule has 1 aromatic heterocycles. The highest BCUT2D eigenvalue weighted by Gasteiger charge is 2.08. The molecule has 0 fully saturated rings. The lowest BCUT2D eigenvalue weighted by Gasteiger charge is -2.10. The van der Waals surface area contributed by atoms with Gasteiger partial charge in [-0.05, 0) is 22.0 Å². The zero-order valence-corrected chi connectivity index (χ0v) is 12.1. The van der Waals surface area contributed by atoms with Gasteiger partial charge in [0.15, 0.2) is 0 Å². The Bertz CT molecular complexity index is 568. The number of aromatic nitrogens is 1. The van der Waals surface area contributed by atoms with Crippen LogP contribution in [0.4, 0.5) is 5.69 Å². The number of benzene rings is 1. The molecule has 0 amide bonds. The average Bonchev–Trinajstić information content (AvgIpc) is 2.41. The molecule has 0 bridgehead atoms. The maximum atomic E-state index is 5.68. The minimum atomic E-state index is 0.421. The van der Waals surface area contributed by atoms with Gasteiger partial charge < -0.3 is 19.9 Å². The third-order valence-corrected chi connectivity index (χ3v) is 2.94. The zero-order valence-electron chi connectivity index (χ0n) is 10.5. The fraction of sp³-hybridized carbons (Fsp3) is 0.154.